The minimum atomic E-state index is -0.317. The summed E-state index contributed by atoms with van der Waals surface area (Å²) >= 11 is 1.18. The SMILES string of the molecule is Cc1ccc(O)c(C)c1NC(=O)c1cnc(Nc2ccn(CC(=O)N3CCN(CCO)CC3)n2)s1. The Morgan fingerprint density at radius 3 is 2.66 bits per heavy atom. The van der Waals surface area contributed by atoms with Crippen LogP contribution in [-0.4, -0.2) is 85.9 Å². The number of hydrogen-bond acceptors (Lipinski definition) is 9. The Balaban J connectivity index is 1.32. The molecule has 35 heavy (non-hydrogen) atoms. The normalized spacial score (nSPS) is 14.2. The molecular formula is C23H29N7O4S. The number of aryl methyl sites for hydroxylation is 1. The van der Waals surface area contributed by atoms with Crippen molar-refractivity contribution in [3.8, 4) is 5.75 Å². The molecule has 11 nitrogen and oxygen atoms in total. The Kier molecular flexibility index (Phi) is 7.63. The fraction of sp³-hybridized carbons (Fsp3) is 0.391. The number of aromatic nitrogens is 3. The largest absolute Gasteiger partial charge is 0.508 e. The summed E-state index contributed by atoms with van der Waals surface area (Å²) < 4.78 is 1.57. The number of anilines is 3. The van der Waals surface area contributed by atoms with Gasteiger partial charge in [-0.3, -0.25) is 19.2 Å². The Labute approximate surface area is 207 Å². The number of nitrogens with one attached hydrogen (secondary N) is 2. The number of benzene rings is 1. The summed E-state index contributed by atoms with van der Waals surface area (Å²) in [5, 5.41) is 29.8. The van der Waals surface area contributed by atoms with Gasteiger partial charge in [-0.1, -0.05) is 17.4 Å². The molecule has 0 radical (unpaired) electrons. The van der Waals surface area contributed by atoms with Crippen LogP contribution in [0.2, 0.25) is 0 Å². The standard InChI is InChI=1S/C23H29N7O4S/c1-15-3-4-17(32)16(2)21(15)26-22(34)18-13-24-23(35-18)25-19-5-6-30(27-19)14-20(33)29-9-7-28(8-10-29)11-12-31/h3-6,13,31-32H,7-12,14H2,1-2H3,(H,26,34)(H,24,25,27). The molecule has 3 aromatic rings. The molecule has 1 fully saturated rings. The molecule has 0 aliphatic carbocycles. The zero-order valence-electron chi connectivity index (χ0n) is 19.7. The highest BCUT2D eigenvalue weighted by molar-refractivity contribution is 7.17. The van der Waals surface area contributed by atoms with E-state index in [0.29, 0.717) is 46.7 Å². The molecule has 12 heteroatoms. The number of rotatable bonds is 8. The maximum absolute atomic E-state index is 12.7. The van der Waals surface area contributed by atoms with Gasteiger partial charge >= 0.3 is 0 Å². The summed E-state index contributed by atoms with van der Waals surface area (Å²) in [7, 11) is 0. The van der Waals surface area contributed by atoms with Crippen LogP contribution in [0.25, 0.3) is 0 Å². The maximum atomic E-state index is 12.7. The summed E-state index contributed by atoms with van der Waals surface area (Å²) in [6, 6.07) is 5.09. The molecule has 1 saturated heterocycles. The van der Waals surface area contributed by atoms with Gasteiger partial charge in [0.25, 0.3) is 5.91 Å². The Bertz CT molecular complexity index is 1200. The van der Waals surface area contributed by atoms with Crippen LogP contribution >= 0.6 is 11.3 Å². The van der Waals surface area contributed by atoms with Gasteiger partial charge in [-0.05, 0) is 25.5 Å². The molecule has 4 rings (SSSR count). The van der Waals surface area contributed by atoms with Crippen LogP contribution < -0.4 is 10.6 Å². The van der Waals surface area contributed by atoms with Gasteiger partial charge < -0.3 is 25.7 Å². The molecule has 2 aromatic heterocycles. The number of aromatic hydroxyl groups is 1. The van der Waals surface area contributed by atoms with E-state index in [1.165, 1.54) is 17.5 Å². The van der Waals surface area contributed by atoms with Gasteiger partial charge in [0.15, 0.2) is 10.9 Å². The number of piperazine rings is 1. The molecule has 1 aromatic carbocycles. The van der Waals surface area contributed by atoms with Crippen LogP contribution in [0.5, 0.6) is 5.75 Å². The molecule has 2 amide bonds. The van der Waals surface area contributed by atoms with Gasteiger partial charge in [-0.2, -0.15) is 5.10 Å². The lowest BCUT2D eigenvalue weighted by Gasteiger charge is -2.34. The number of nitrogens with zero attached hydrogens (tertiary/aromatic N) is 5. The monoisotopic (exact) mass is 499 g/mol. The van der Waals surface area contributed by atoms with Crippen molar-refractivity contribution in [3.63, 3.8) is 0 Å². The third-order valence-electron chi connectivity index (χ3n) is 5.93. The maximum Gasteiger partial charge on any atom is 0.267 e. The average molecular weight is 500 g/mol. The molecule has 0 spiro atoms. The van der Waals surface area contributed by atoms with Crippen molar-refractivity contribution < 1.29 is 19.8 Å². The second-order valence-electron chi connectivity index (χ2n) is 8.35. The molecule has 1 aliphatic rings. The Morgan fingerprint density at radius 2 is 1.91 bits per heavy atom. The molecule has 0 bridgehead atoms. The number of β-amino-alcohol motifs (C(OH)–C–C–N with tert-alkyl or cyclic N) is 1. The molecule has 1 aliphatic heterocycles. The van der Waals surface area contributed by atoms with Gasteiger partial charge in [-0.25, -0.2) is 4.98 Å². The number of amides is 2. The van der Waals surface area contributed by atoms with Gasteiger partial charge in [0, 0.05) is 50.6 Å². The topological polar surface area (TPSA) is 136 Å². The number of aliphatic hydroxyl groups excluding tert-OH is 1. The van der Waals surface area contributed by atoms with Crippen molar-refractivity contribution in [2.75, 3.05) is 50.0 Å². The first-order valence-electron chi connectivity index (χ1n) is 11.3. The first-order chi connectivity index (χ1) is 16.8. The summed E-state index contributed by atoms with van der Waals surface area (Å²) in [5.41, 5.74) is 2.04. The first kappa shape index (κ1) is 24.6. The summed E-state index contributed by atoms with van der Waals surface area (Å²) in [6.07, 6.45) is 3.20. The molecule has 0 unspecified atom stereocenters. The van der Waals surface area contributed by atoms with Crippen molar-refractivity contribution in [2.24, 2.45) is 0 Å². The Hall–Kier alpha value is -3.48. The fourth-order valence-electron chi connectivity index (χ4n) is 3.87. The highest BCUT2D eigenvalue weighted by atomic mass is 32.1. The number of phenolic OH excluding ortho intramolecular Hbond substituents is 1. The van der Waals surface area contributed by atoms with Crippen molar-refractivity contribution in [1.82, 2.24) is 24.6 Å². The van der Waals surface area contributed by atoms with Gasteiger partial charge in [-0.15, -0.1) is 0 Å². The van der Waals surface area contributed by atoms with Crippen LogP contribution in [0.3, 0.4) is 0 Å². The van der Waals surface area contributed by atoms with Gasteiger partial charge in [0.05, 0.1) is 18.5 Å². The van der Waals surface area contributed by atoms with Crippen LogP contribution in [0.1, 0.15) is 20.8 Å². The van der Waals surface area contributed by atoms with Gasteiger partial charge in [0.1, 0.15) is 17.2 Å². The van der Waals surface area contributed by atoms with Crippen LogP contribution in [0.15, 0.2) is 30.6 Å². The van der Waals surface area contributed by atoms with E-state index in [1.807, 2.05) is 11.8 Å². The van der Waals surface area contributed by atoms with E-state index < -0.39 is 0 Å². The predicted octanol–water partition coefficient (Wildman–Crippen LogP) is 1.79. The third-order valence-corrected chi connectivity index (χ3v) is 6.84. The lowest BCUT2D eigenvalue weighted by Crippen LogP contribution is -2.50. The summed E-state index contributed by atoms with van der Waals surface area (Å²) in [6.45, 7) is 7.27. The minimum Gasteiger partial charge on any atom is -0.508 e. The number of thiazole rings is 1. The van der Waals surface area contributed by atoms with E-state index in [0.717, 1.165) is 18.7 Å². The minimum absolute atomic E-state index is 0.00552. The van der Waals surface area contributed by atoms with E-state index in [2.05, 4.69) is 25.6 Å². The Morgan fingerprint density at radius 1 is 1.14 bits per heavy atom. The number of phenols is 1. The van der Waals surface area contributed by atoms with E-state index >= 15 is 0 Å². The zero-order valence-corrected chi connectivity index (χ0v) is 20.5. The first-order valence-corrected chi connectivity index (χ1v) is 12.1. The predicted molar refractivity (Wildman–Crippen MR) is 133 cm³/mol. The van der Waals surface area contributed by atoms with Crippen molar-refractivity contribution >= 4 is 39.8 Å². The lowest BCUT2D eigenvalue weighted by atomic mass is 10.1. The van der Waals surface area contributed by atoms with Crippen LogP contribution in [-0.2, 0) is 11.3 Å². The van der Waals surface area contributed by atoms with Crippen molar-refractivity contribution in [1.29, 1.82) is 0 Å². The average Bonchev–Trinajstić information content (AvgIpc) is 3.49. The van der Waals surface area contributed by atoms with E-state index in [9.17, 15) is 14.7 Å². The van der Waals surface area contributed by atoms with E-state index in [1.54, 1.807) is 36.0 Å². The molecular weight excluding hydrogens is 470 g/mol. The second kappa shape index (κ2) is 10.8. The molecule has 4 N–H and O–H groups in total. The fourth-order valence-corrected chi connectivity index (χ4v) is 4.59. The number of aliphatic hydroxyl groups is 1. The molecule has 3 heterocycles. The lowest BCUT2D eigenvalue weighted by molar-refractivity contribution is -0.133. The molecule has 0 atom stereocenters. The van der Waals surface area contributed by atoms with Crippen LogP contribution in [0, 0.1) is 13.8 Å². The number of hydrogen-bond donors (Lipinski definition) is 4. The van der Waals surface area contributed by atoms with E-state index in [-0.39, 0.29) is 30.7 Å². The van der Waals surface area contributed by atoms with Crippen molar-refractivity contribution in [3.05, 3.63) is 46.6 Å². The summed E-state index contributed by atoms with van der Waals surface area (Å²) in [4.78, 5) is 33.9. The van der Waals surface area contributed by atoms with Gasteiger partial charge in [0.2, 0.25) is 5.91 Å². The summed E-state index contributed by atoms with van der Waals surface area (Å²) in [5.74, 6) is 0.318. The quantitative estimate of drug-likeness (QED) is 0.368. The number of carbonyl (C=O) groups is 2. The van der Waals surface area contributed by atoms with Crippen molar-refractivity contribution in [2.45, 2.75) is 20.4 Å². The van der Waals surface area contributed by atoms with E-state index in [4.69, 9.17) is 5.11 Å². The second-order valence-corrected chi connectivity index (χ2v) is 9.39. The molecule has 186 valence electrons. The highest BCUT2D eigenvalue weighted by Crippen LogP contribution is 2.29. The third kappa shape index (κ3) is 5.96. The van der Waals surface area contributed by atoms with Crippen LogP contribution in [0.4, 0.5) is 16.6 Å². The molecule has 0 saturated carbocycles. The number of carbonyl (C=O) groups excluding carboxylic acids is 2. The zero-order chi connectivity index (χ0) is 24.9. The smallest absolute Gasteiger partial charge is 0.267 e. The highest BCUT2D eigenvalue weighted by Gasteiger charge is 2.21.